The van der Waals surface area contributed by atoms with E-state index >= 15 is 0 Å². The summed E-state index contributed by atoms with van der Waals surface area (Å²) in [7, 11) is 1.59. The van der Waals surface area contributed by atoms with Gasteiger partial charge in [-0.3, -0.25) is 9.59 Å². The largest absolute Gasteiger partial charge is 0.497 e. The lowest BCUT2D eigenvalue weighted by Gasteiger charge is -2.30. The number of carbonyl (C=O) groups excluding carboxylic acids is 2. The van der Waals surface area contributed by atoms with E-state index in [0.717, 1.165) is 5.56 Å². The number of hydrogen-bond acceptors (Lipinski definition) is 4. The van der Waals surface area contributed by atoms with Crippen molar-refractivity contribution in [2.75, 3.05) is 20.3 Å². The monoisotopic (exact) mass is 384 g/mol. The Bertz CT molecular complexity index is 747. The normalized spacial score (nSPS) is 11.4. The summed E-state index contributed by atoms with van der Waals surface area (Å²) in [6.07, 6.45) is 0.521. The van der Waals surface area contributed by atoms with Gasteiger partial charge in [-0.2, -0.15) is 0 Å². The van der Waals surface area contributed by atoms with Crippen molar-refractivity contribution in [2.24, 2.45) is 0 Å². The Labute approximate surface area is 166 Å². The maximum atomic E-state index is 12.9. The summed E-state index contributed by atoms with van der Waals surface area (Å²) in [5.41, 5.74) is 0.961. The van der Waals surface area contributed by atoms with Gasteiger partial charge >= 0.3 is 0 Å². The molecule has 0 spiro atoms. The third-order valence-electron chi connectivity index (χ3n) is 4.35. The van der Waals surface area contributed by atoms with E-state index < -0.39 is 6.04 Å². The smallest absolute Gasteiger partial charge is 0.261 e. The van der Waals surface area contributed by atoms with Crippen LogP contribution in [0.15, 0.2) is 54.6 Å². The number of benzene rings is 2. The van der Waals surface area contributed by atoms with Crippen molar-refractivity contribution in [3.63, 3.8) is 0 Å². The molecule has 28 heavy (non-hydrogen) atoms. The zero-order valence-electron chi connectivity index (χ0n) is 16.7. The Morgan fingerprint density at radius 3 is 2.21 bits per heavy atom. The van der Waals surface area contributed by atoms with Crippen LogP contribution >= 0.6 is 0 Å². The van der Waals surface area contributed by atoms with Gasteiger partial charge in [0.25, 0.3) is 5.91 Å². The van der Waals surface area contributed by atoms with Gasteiger partial charge in [0.1, 0.15) is 17.5 Å². The molecule has 0 bridgehead atoms. The molecule has 2 aromatic rings. The van der Waals surface area contributed by atoms with E-state index in [4.69, 9.17) is 9.47 Å². The lowest BCUT2D eigenvalue weighted by molar-refractivity contribution is -0.142. The van der Waals surface area contributed by atoms with Crippen LogP contribution < -0.4 is 14.8 Å². The Hall–Kier alpha value is -3.02. The fraction of sp³-hybridized carbons (Fsp3) is 0.364. The molecule has 2 amide bonds. The molecular weight excluding hydrogens is 356 g/mol. The number of amides is 2. The Balaban J connectivity index is 2.13. The highest BCUT2D eigenvalue weighted by Gasteiger charge is 2.28. The van der Waals surface area contributed by atoms with Crippen LogP contribution in [0.5, 0.6) is 11.5 Å². The molecule has 2 aromatic carbocycles. The van der Waals surface area contributed by atoms with Crippen molar-refractivity contribution in [1.29, 1.82) is 0 Å². The summed E-state index contributed by atoms with van der Waals surface area (Å²) in [5, 5.41) is 2.82. The van der Waals surface area contributed by atoms with E-state index in [1.54, 1.807) is 36.3 Å². The van der Waals surface area contributed by atoms with Crippen LogP contribution in [0, 0.1) is 0 Å². The number of hydrogen-bond donors (Lipinski definition) is 1. The lowest BCUT2D eigenvalue weighted by Crippen LogP contribution is -2.50. The minimum absolute atomic E-state index is 0.144. The first-order valence-electron chi connectivity index (χ1n) is 9.47. The second-order valence-electron chi connectivity index (χ2n) is 6.29. The summed E-state index contributed by atoms with van der Waals surface area (Å²) < 4.78 is 10.8. The van der Waals surface area contributed by atoms with E-state index in [-0.39, 0.29) is 18.4 Å². The number of likely N-dealkylation sites (N-methyl/N-ethyl adjacent to an activating group) is 1. The van der Waals surface area contributed by atoms with Crippen molar-refractivity contribution in [2.45, 2.75) is 32.9 Å². The highest BCUT2D eigenvalue weighted by molar-refractivity contribution is 5.88. The Morgan fingerprint density at radius 2 is 1.64 bits per heavy atom. The second kappa shape index (κ2) is 11.0. The second-order valence-corrected chi connectivity index (χ2v) is 6.29. The van der Waals surface area contributed by atoms with Crippen LogP contribution in [-0.4, -0.2) is 43.0 Å². The van der Waals surface area contributed by atoms with Gasteiger partial charge in [-0.15, -0.1) is 0 Å². The molecule has 6 nitrogen and oxygen atoms in total. The molecule has 1 unspecified atom stereocenters. The number of nitrogens with one attached hydrogen (secondary N) is 1. The summed E-state index contributed by atoms with van der Waals surface area (Å²) >= 11 is 0. The first kappa shape index (κ1) is 21.3. The molecule has 0 saturated heterocycles. The van der Waals surface area contributed by atoms with Crippen LogP contribution in [0.25, 0.3) is 0 Å². The van der Waals surface area contributed by atoms with Crippen LogP contribution in [0.2, 0.25) is 0 Å². The molecule has 0 aliphatic heterocycles. The highest BCUT2D eigenvalue weighted by atomic mass is 16.5. The lowest BCUT2D eigenvalue weighted by atomic mass is 10.1. The van der Waals surface area contributed by atoms with Crippen molar-refractivity contribution in [3.8, 4) is 11.5 Å². The molecule has 6 heteroatoms. The molecule has 0 fully saturated rings. The number of ether oxygens (including phenoxy) is 2. The van der Waals surface area contributed by atoms with Crippen LogP contribution in [0.1, 0.15) is 25.8 Å². The highest BCUT2D eigenvalue weighted by Crippen LogP contribution is 2.18. The molecule has 0 saturated carbocycles. The molecule has 2 rings (SSSR count). The number of nitrogens with zero attached hydrogens (tertiary/aromatic N) is 1. The molecular formula is C22H28N2O4. The zero-order valence-corrected chi connectivity index (χ0v) is 16.7. The third-order valence-corrected chi connectivity index (χ3v) is 4.35. The zero-order chi connectivity index (χ0) is 20.4. The van der Waals surface area contributed by atoms with E-state index in [1.807, 2.05) is 44.2 Å². The van der Waals surface area contributed by atoms with Crippen LogP contribution in [-0.2, 0) is 16.1 Å². The molecule has 1 N–H and O–H groups in total. The van der Waals surface area contributed by atoms with Crippen molar-refractivity contribution >= 4 is 11.8 Å². The predicted molar refractivity (Wildman–Crippen MR) is 108 cm³/mol. The summed E-state index contributed by atoms with van der Waals surface area (Å²) in [6.45, 7) is 4.48. The molecule has 0 heterocycles. The van der Waals surface area contributed by atoms with Gasteiger partial charge in [0.05, 0.1) is 7.11 Å². The fourth-order valence-electron chi connectivity index (χ4n) is 2.89. The van der Waals surface area contributed by atoms with Crippen molar-refractivity contribution < 1.29 is 19.1 Å². The van der Waals surface area contributed by atoms with Crippen LogP contribution in [0.4, 0.5) is 0 Å². The standard InChI is InChI=1S/C22H28N2O4/c1-4-20(22(26)23-5-2)24(15-17-9-7-6-8-10-17)21(25)16-28-19-13-11-18(27-3)12-14-19/h6-14,20H,4-5,15-16H2,1-3H3,(H,23,26). The van der Waals surface area contributed by atoms with E-state index in [2.05, 4.69) is 5.32 Å². The first-order chi connectivity index (χ1) is 13.6. The van der Waals surface area contributed by atoms with Gasteiger partial charge in [-0.1, -0.05) is 37.3 Å². The Kier molecular flexibility index (Phi) is 8.34. The summed E-state index contributed by atoms with van der Waals surface area (Å²) in [5.74, 6) is 0.892. The first-order valence-corrected chi connectivity index (χ1v) is 9.47. The molecule has 0 radical (unpaired) electrons. The average Bonchev–Trinajstić information content (AvgIpc) is 2.73. The van der Waals surface area contributed by atoms with Gasteiger partial charge in [-0.05, 0) is 43.2 Å². The third kappa shape index (κ3) is 6.01. The fourth-order valence-corrected chi connectivity index (χ4v) is 2.89. The Morgan fingerprint density at radius 1 is 1.00 bits per heavy atom. The minimum atomic E-state index is -0.549. The average molecular weight is 384 g/mol. The SMILES string of the molecule is CCNC(=O)C(CC)N(Cc1ccccc1)C(=O)COc1ccc(OC)cc1. The number of methoxy groups -OCH3 is 1. The van der Waals surface area contributed by atoms with E-state index in [1.165, 1.54) is 0 Å². The molecule has 0 aliphatic rings. The topological polar surface area (TPSA) is 67.9 Å². The quantitative estimate of drug-likeness (QED) is 0.684. The maximum Gasteiger partial charge on any atom is 0.261 e. The van der Waals surface area contributed by atoms with Crippen LogP contribution in [0.3, 0.4) is 0 Å². The molecule has 0 aliphatic carbocycles. The van der Waals surface area contributed by atoms with Gasteiger partial charge in [0.2, 0.25) is 5.91 Å². The predicted octanol–water partition coefficient (Wildman–Crippen LogP) is 3.02. The maximum absolute atomic E-state index is 12.9. The van der Waals surface area contributed by atoms with Crippen molar-refractivity contribution in [1.82, 2.24) is 10.2 Å². The van der Waals surface area contributed by atoms with Gasteiger partial charge in [0.15, 0.2) is 6.61 Å². The minimum Gasteiger partial charge on any atom is -0.497 e. The number of carbonyl (C=O) groups is 2. The summed E-state index contributed by atoms with van der Waals surface area (Å²) in [4.78, 5) is 27.0. The molecule has 150 valence electrons. The van der Waals surface area contributed by atoms with Gasteiger partial charge in [0, 0.05) is 13.1 Å². The van der Waals surface area contributed by atoms with Crippen molar-refractivity contribution in [3.05, 3.63) is 60.2 Å². The van der Waals surface area contributed by atoms with E-state index in [9.17, 15) is 9.59 Å². The van der Waals surface area contributed by atoms with Gasteiger partial charge in [-0.25, -0.2) is 0 Å². The molecule has 0 aromatic heterocycles. The molecule has 1 atom stereocenters. The van der Waals surface area contributed by atoms with E-state index in [0.29, 0.717) is 31.0 Å². The summed E-state index contributed by atoms with van der Waals surface area (Å²) in [6, 6.07) is 16.1. The van der Waals surface area contributed by atoms with Gasteiger partial charge < -0.3 is 19.7 Å². The number of rotatable bonds is 10.